The summed E-state index contributed by atoms with van der Waals surface area (Å²) < 4.78 is 3.83. The summed E-state index contributed by atoms with van der Waals surface area (Å²) in [6.45, 7) is 6.67. The van der Waals surface area contributed by atoms with E-state index in [0.717, 1.165) is 18.5 Å². The van der Waals surface area contributed by atoms with Gasteiger partial charge in [0.2, 0.25) is 0 Å². The van der Waals surface area contributed by atoms with Crippen molar-refractivity contribution in [3.05, 3.63) is 11.1 Å². The van der Waals surface area contributed by atoms with Gasteiger partial charge in [0.25, 0.3) is 0 Å². The Balaban J connectivity index is 2.49. The molecule has 0 aliphatic heterocycles. The second-order valence-electron chi connectivity index (χ2n) is 4.65. The topological polar surface area (TPSA) is 63.8 Å². The first-order valence-corrected chi connectivity index (χ1v) is 5.59. The van der Waals surface area contributed by atoms with Crippen LogP contribution in [0, 0.1) is 5.41 Å². The number of hydrogen-bond donors (Lipinski definition) is 2. The summed E-state index contributed by atoms with van der Waals surface area (Å²) in [4.78, 5) is 0. The maximum atomic E-state index is 5.48. The van der Waals surface area contributed by atoms with Crippen molar-refractivity contribution in [3.8, 4) is 0 Å². The summed E-state index contributed by atoms with van der Waals surface area (Å²) >= 11 is 1.36. The van der Waals surface area contributed by atoms with E-state index in [2.05, 4.69) is 35.8 Å². The van der Waals surface area contributed by atoms with Gasteiger partial charge in [0, 0.05) is 5.38 Å². The van der Waals surface area contributed by atoms with Crippen molar-refractivity contribution in [2.75, 3.05) is 0 Å². The highest BCUT2D eigenvalue weighted by molar-refractivity contribution is 7.03. The zero-order chi connectivity index (χ0) is 10.6. The lowest BCUT2D eigenvalue weighted by Crippen LogP contribution is -2.29. The van der Waals surface area contributed by atoms with Gasteiger partial charge in [-0.05, 0) is 29.8 Å². The Labute approximate surface area is 89.0 Å². The molecule has 1 atom stereocenters. The first kappa shape index (κ1) is 11.6. The van der Waals surface area contributed by atoms with Crippen LogP contribution in [0.1, 0.15) is 45.3 Å². The van der Waals surface area contributed by atoms with Crippen molar-refractivity contribution in [2.24, 2.45) is 11.3 Å². The van der Waals surface area contributed by atoms with E-state index in [1.165, 1.54) is 11.5 Å². The fourth-order valence-electron chi connectivity index (χ4n) is 1.22. The van der Waals surface area contributed by atoms with Gasteiger partial charge in [0.15, 0.2) is 0 Å². The summed E-state index contributed by atoms with van der Waals surface area (Å²) in [5, 5.41) is 5.95. The smallest absolute Gasteiger partial charge is 0.0938 e. The van der Waals surface area contributed by atoms with Crippen LogP contribution in [0.5, 0.6) is 0 Å². The zero-order valence-electron chi connectivity index (χ0n) is 8.95. The first-order chi connectivity index (χ1) is 6.53. The van der Waals surface area contributed by atoms with Crippen molar-refractivity contribution >= 4 is 11.5 Å². The third-order valence-electron chi connectivity index (χ3n) is 2.12. The Kier molecular flexibility index (Phi) is 3.97. The van der Waals surface area contributed by atoms with Gasteiger partial charge < -0.3 is 0 Å². The van der Waals surface area contributed by atoms with Gasteiger partial charge in [-0.25, -0.2) is 0 Å². The zero-order valence-corrected chi connectivity index (χ0v) is 9.77. The minimum absolute atomic E-state index is 0.132. The Hall–Kier alpha value is -0.520. The van der Waals surface area contributed by atoms with Crippen molar-refractivity contribution in [1.29, 1.82) is 0 Å². The van der Waals surface area contributed by atoms with Crippen LogP contribution < -0.4 is 11.3 Å². The van der Waals surface area contributed by atoms with E-state index in [0.29, 0.717) is 5.41 Å². The van der Waals surface area contributed by atoms with E-state index in [1.54, 1.807) is 0 Å². The summed E-state index contributed by atoms with van der Waals surface area (Å²) in [7, 11) is 0. The summed E-state index contributed by atoms with van der Waals surface area (Å²) in [5.41, 5.74) is 4.06. The third-order valence-corrected chi connectivity index (χ3v) is 2.64. The van der Waals surface area contributed by atoms with E-state index in [4.69, 9.17) is 5.84 Å². The van der Waals surface area contributed by atoms with Gasteiger partial charge in [-0.3, -0.25) is 11.3 Å². The molecule has 0 amide bonds. The molecule has 0 saturated heterocycles. The van der Waals surface area contributed by atoms with Crippen LogP contribution in [0.3, 0.4) is 0 Å². The van der Waals surface area contributed by atoms with Crippen LogP contribution in [0.25, 0.3) is 0 Å². The van der Waals surface area contributed by atoms with E-state index in [1.807, 2.05) is 5.38 Å². The molecule has 0 radical (unpaired) electrons. The van der Waals surface area contributed by atoms with E-state index >= 15 is 0 Å². The third kappa shape index (κ3) is 3.69. The normalized spacial score (nSPS) is 14.3. The number of hydrazine groups is 1. The fourth-order valence-corrected chi connectivity index (χ4v) is 1.73. The monoisotopic (exact) mass is 214 g/mol. The van der Waals surface area contributed by atoms with Crippen LogP contribution in [-0.4, -0.2) is 9.59 Å². The standard InChI is InChI=1S/C9H18N4S/c1-9(2,3)5-4-7(11-10)8-6-14-13-12-8/h6-7,11H,4-5,10H2,1-3H3. The molecule has 80 valence electrons. The molecule has 1 rings (SSSR count). The van der Waals surface area contributed by atoms with Crippen LogP contribution in [0.2, 0.25) is 0 Å². The van der Waals surface area contributed by atoms with E-state index < -0.39 is 0 Å². The molecular formula is C9H18N4S. The molecule has 5 heteroatoms. The highest BCUT2D eigenvalue weighted by atomic mass is 32.1. The Bertz CT molecular complexity index is 252. The molecule has 0 aliphatic rings. The fraction of sp³-hybridized carbons (Fsp3) is 0.778. The number of nitrogens with zero attached hydrogens (tertiary/aromatic N) is 2. The molecule has 0 aliphatic carbocycles. The molecule has 0 aromatic carbocycles. The van der Waals surface area contributed by atoms with Crippen LogP contribution in [-0.2, 0) is 0 Å². The quantitative estimate of drug-likeness (QED) is 0.593. The maximum Gasteiger partial charge on any atom is 0.0938 e. The van der Waals surface area contributed by atoms with E-state index in [-0.39, 0.29) is 6.04 Å². The highest BCUT2D eigenvalue weighted by Crippen LogP contribution is 2.26. The molecule has 1 aromatic heterocycles. The second kappa shape index (κ2) is 4.82. The lowest BCUT2D eigenvalue weighted by Gasteiger charge is -2.21. The Morgan fingerprint density at radius 1 is 1.57 bits per heavy atom. The van der Waals surface area contributed by atoms with Crippen LogP contribution >= 0.6 is 11.5 Å². The van der Waals surface area contributed by atoms with Gasteiger partial charge in [-0.15, -0.1) is 5.10 Å². The molecule has 0 spiro atoms. The largest absolute Gasteiger partial charge is 0.271 e. The molecule has 0 fully saturated rings. The van der Waals surface area contributed by atoms with Gasteiger partial charge in [0.05, 0.1) is 11.7 Å². The average Bonchev–Trinajstić information content (AvgIpc) is 2.56. The number of rotatable bonds is 4. The summed E-state index contributed by atoms with van der Waals surface area (Å²) in [6.07, 6.45) is 2.10. The second-order valence-corrected chi connectivity index (χ2v) is 5.26. The van der Waals surface area contributed by atoms with Crippen molar-refractivity contribution in [1.82, 2.24) is 15.0 Å². The minimum Gasteiger partial charge on any atom is -0.271 e. The van der Waals surface area contributed by atoms with Crippen molar-refractivity contribution < 1.29 is 0 Å². The van der Waals surface area contributed by atoms with Gasteiger partial charge in [-0.2, -0.15) is 0 Å². The molecule has 14 heavy (non-hydrogen) atoms. The molecule has 1 aromatic rings. The van der Waals surface area contributed by atoms with Crippen molar-refractivity contribution in [2.45, 2.75) is 39.7 Å². The average molecular weight is 214 g/mol. The lowest BCUT2D eigenvalue weighted by molar-refractivity contribution is 0.331. The molecular weight excluding hydrogens is 196 g/mol. The minimum atomic E-state index is 0.132. The van der Waals surface area contributed by atoms with Gasteiger partial charge >= 0.3 is 0 Å². The molecule has 0 bridgehead atoms. The molecule has 4 nitrogen and oxygen atoms in total. The number of nitrogens with one attached hydrogen (secondary N) is 1. The molecule has 1 heterocycles. The first-order valence-electron chi connectivity index (χ1n) is 4.76. The van der Waals surface area contributed by atoms with E-state index in [9.17, 15) is 0 Å². The molecule has 0 saturated carbocycles. The summed E-state index contributed by atoms with van der Waals surface area (Å²) in [6, 6.07) is 0.132. The SMILES string of the molecule is CC(C)(C)CCC(NN)c1csnn1. The maximum absolute atomic E-state index is 5.48. The highest BCUT2D eigenvalue weighted by Gasteiger charge is 2.17. The number of nitrogens with two attached hydrogens (primary N) is 1. The van der Waals surface area contributed by atoms with Crippen molar-refractivity contribution in [3.63, 3.8) is 0 Å². The number of hydrogen-bond acceptors (Lipinski definition) is 5. The van der Waals surface area contributed by atoms with Gasteiger partial charge in [0.1, 0.15) is 0 Å². The summed E-state index contributed by atoms with van der Waals surface area (Å²) in [5.74, 6) is 5.48. The lowest BCUT2D eigenvalue weighted by atomic mass is 9.88. The molecule has 3 N–H and O–H groups in total. The predicted molar refractivity (Wildman–Crippen MR) is 58.7 cm³/mol. The van der Waals surface area contributed by atoms with Gasteiger partial charge in [-0.1, -0.05) is 25.3 Å². The predicted octanol–water partition coefficient (Wildman–Crippen LogP) is 1.87. The van der Waals surface area contributed by atoms with Crippen LogP contribution in [0.15, 0.2) is 5.38 Å². The van der Waals surface area contributed by atoms with Crippen LogP contribution in [0.4, 0.5) is 0 Å². The Morgan fingerprint density at radius 2 is 2.29 bits per heavy atom. The Morgan fingerprint density at radius 3 is 2.71 bits per heavy atom. The number of aromatic nitrogens is 2. The molecule has 1 unspecified atom stereocenters.